The predicted octanol–water partition coefficient (Wildman–Crippen LogP) is 3.89. The quantitative estimate of drug-likeness (QED) is 0.532. The van der Waals surface area contributed by atoms with Crippen LogP contribution in [0.4, 0.5) is 10.5 Å². The molecule has 3 amide bonds. The van der Waals surface area contributed by atoms with Crippen LogP contribution in [-0.4, -0.2) is 43.0 Å². The molecule has 0 unspecified atom stereocenters. The Morgan fingerprint density at radius 3 is 2.48 bits per heavy atom. The van der Waals surface area contributed by atoms with Gasteiger partial charge in [-0.05, 0) is 94.2 Å². The highest BCUT2D eigenvalue weighted by molar-refractivity contribution is 5.89. The van der Waals surface area contributed by atoms with Gasteiger partial charge in [-0.2, -0.15) is 0 Å². The van der Waals surface area contributed by atoms with Crippen molar-refractivity contribution in [2.75, 3.05) is 31.5 Å². The third kappa shape index (κ3) is 7.61. The normalized spacial score (nSPS) is 14.7. The van der Waals surface area contributed by atoms with Gasteiger partial charge in [0.1, 0.15) is 11.5 Å². The number of nitrogens with two attached hydrogens (primary N) is 1. The minimum absolute atomic E-state index is 0.0322. The lowest BCUT2D eigenvalue weighted by atomic mass is 9.96. The number of carbonyl (C=O) groups is 2. The molecule has 166 valence electrons. The first-order valence-electron chi connectivity index (χ1n) is 10.9. The van der Waals surface area contributed by atoms with Gasteiger partial charge in [0.2, 0.25) is 5.91 Å². The van der Waals surface area contributed by atoms with Crippen LogP contribution >= 0.6 is 0 Å². The number of urea groups is 1. The largest absolute Gasteiger partial charge is 0.457 e. The molecule has 0 aliphatic carbocycles. The molecule has 0 atom stereocenters. The third-order valence-corrected chi connectivity index (χ3v) is 5.51. The number of nitrogens with zero attached hydrogens (tertiary/aromatic N) is 1. The van der Waals surface area contributed by atoms with Crippen molar-refractivity contribution in [2.24, 2.45) is 11.7 Å². The highest BCUT2D eigenvalue weighted by Gasteiger charge is 2.22. The van der Waals surface area contributed by atoms with Gasteiger partial charge >= 0.3 is 6.03 Å². The maximum atomic E-state index is 12.1. The summed E-state index contributed by atoms with van der Waals surface area (Å²) in [5, 5.41) is 5.73. The molecule has 0 radical (unpaired) electrons. The zero-order valence-corrected chi connectivity index (χ0v) is 18.1. The second-order valence-corrected chi connectivity index (χ2v) is 8.05. The van der Waals surface area contributed by atoms with Gasteiger partial charge in [-0.15, -0.1) is 0 Å². The number of nitrogens with one attached hydrogen (secondary N) is 2. The molecule has 2 aromatic carbocycles. The molecule has 0 bridgehead atoms. The van der Waals surface area contributed by atoms with Gasteiger partial charge in [0.15, 0.2) is 0 Å². The number of piperidine rings is 1. The van der Waals surface area contributed by atoms with Crippen molar-refractivity contribution < 1.29 is 14.3 Å². The van der Waals surface area contributed by atoms with Gasteiger partial charge in [0.25, 0.3) is 0 Å². The van der Waals surface area contributed by atoms with Gasteiger partial charge < -0.3 is 26.0 Å². The summed E-state index contributed by atoms with van der Waals surface area (Å²) >= 11 is 0. The minimum Gasteiger partial charge on any atom is -0.457 e. The maximum Gasteiger partial charge on any atom is 0.319 e. The van der Waals surface area contributed by atoms with Gasteiger partial charge in [-0.3, -0.25) is 4.79 Å². The average Bonchev–Trinajstić information content (AvgIpc) is 2.75. The fraction of sp³-hybridized carbons (Fsp3) is 0.417. The molecule has 1 aliphatic rings. The fourth-order valence-corrected chi connectivity index (χ4v) is 3.70. The Bertz CT molecular complexity index is 861. The van der Waals surface area contributed by atoms with E-state index >= 15 is 0 Å². The van der Waals surface area contributed by atoms with E-state index in [0.29, 0.717) is 12.2 Å². The van der Waals surface area contributed by atoms with Crippen molar-refractivity contribution in [3.05, 3.63) is 54.1 Å². The number of rotatable bonds is 9. The van der Waals surface area contributed by atoms with Crippen molar-refractivity contribution in [2.45, 2.75) is 32.6 Å². The highest BCUT2D eigenvalue weighted by Crippen LogP contribution is 2.23. The number of anilines is 1. The van der Waals surface area contributed by atoms with E-state index < -0.39 is 0 Å². The summed E-state index contributed by atoms with van der Waals surface area (Å²) in [4.78, 5) is 25.7. The molecule has 7 nitrogen and oxygen atoms in total. The van der Waals surface area contributed by atoms with Crippen molar-refractivity contribution in [1.29, 1.82) is 0 Å². The first-order valence-corrected chi connectivity index (χ1v) is 10.9. The lowest BCUT2D eigenvalue weighted by Crippen LogP contribution is -2.39. The van der Waals surface area contributed by atoms with Crippen molar-refractivity contribution in [3.8, 4) is 11.5 Å². The molecule has 2 aromatic rings. The lowest BCUT2D eigenvalue weighted by Gasteiger charge is -2.30. The van der Waals surface area contributed by atoms with Gasteiger partial charge in [-0.25, -0.2) is 4.79 Å². The summed E-state index contributed by atoms with van der Waals surface area (Å²) in [6, 6.07) is 15.0. The van der Waals surface area contributed by atoms with Crippen molar-refractivity contribution in [3.63, 3.8) is 0 Å². The first kappa shape index (κ1) is 22.6. The number of benzene rings is 2. The first-order chi connectivity index (χ1) is 15.0. The molecule has 0 aromatic heterocycles. The summed E-state index contributed by atoms with van der Waals surface area (Å²) in [5.41, 5.74) is 7.22. The van der Waals surface area contributed by atoms with Crippen LogP contribution in [0.5, 0.6) is 11.5 Å². The Kier molecular flexibility index (Phi) is 8.29. The van der Waals surface area contributed by atoms with E-state index in [4.69, 9.17) is 10.5 Å². The average molecular weight is 425 g/mol. The van der Waals surface area contributed by atoms with E-state index in [0.717, 1.165) is 62.4 Å². The topological polar surface area (TPSA) is 96.7 Å². The monoisotopic (exact) mass is 424 g/mol. The number of ether oxygens (including phenoxy) is 1. The van der Waals surface area contributed by atoms with Crippen LogP contribution in [0.2, 0.25) is 0 Å². The van der Waals surface area contributed by atoms with Crippen molar-refractivity contribution >= 4 is 17.6 Å². The number of hydrogen-bond acceptors (Lipinski definition) is 4. The standard InChI is InChI=1S/C24H32N4O3/c1-18-5-4-6-22(17-18)31-21-9-7-20(8-10-21)27-24(30)26-13-2-3-14-28-15-11-19(12-16-28)23(25)29/h4-10,17,19H,2-3,11-16H2,1H3,(H2,25,29)(H2,26,27,30). The lowest BCUT2D eigenvalue weighted by molar-refractivity contribution is -0.123. The number of amides is 3. The van der Waals surface area contributed by atoms with Crippen LogP contribution in [0.25, 0.3) is 0 Å². The predicted molar refractivity (Wildman–Crippen MR) is 122 cm³/mol. The van der Waals surface area contributed by atoms with E-state index in [-0.39, 0.29) is 17.9 Å². The SMILES string of the molecule is Cc1cccc(Oc2ccc(NC(=O)NCCCCN3CCC(C(N)=O)CC3)cc2)c1. The molecule has 0 saturated carbocycles. The van der Waals surface area contributed by atoms with E-state index in [9.17, 15) is 9.59 Å². The highest BCUT2D eigenvalue weighted by atomic mass is 16.5. The van der Waals surface area contributed by atoms with E-state index in [1.54, 1.807) is 0 Å². The number of unbranched alkanes of at least 4 members (excludes halogenated alkanes) is 1. The Morgan fingerprint density at radius 1 is 1.06 bits per heavy atom. The number of primary amides is 1. The molecular weight excluding hydrogens is 392 g/mol. The minimum atomic E-state index is -0.213. The summed E-state index contributed by atoms with van der Waals surface area (Å²) < 4.78 is 5.82. The molecule has 1 saturated heterocycles. The fourth-order valence-electron chi connectivity index (χ4n) is 3.70. The summed E-state index contributed by atoms with van der Waals surface area (Å²) in [6.45, 7) is 5.47. The summed E-state index contributed by atoms with van der Waals surface area (Å²) in [7, 11) is 0. The van der Waals surface area contributed by atoms with Crippen LogP contribution in [0.15, 0.2) is 48.5 Å². The molecule has 3 rings (SSSR count). The van der Waals surface area contributed by atoms with E-state index in [1.165, 1.54) is 0 Å². The number of hydrogen-bond donors (Lipinski definition) is 3. The molecule has 4 N–H and O–H groups in total. The Labute approximate surface area is 183 Å². The Balaban J connectivity index is 1.30. The Hall–Kier alpha value is -3.06. The zero-order chi connectivity index (χ0) is 22.1. The second-order valence-electron chi connectivity index (χ2n) is 8.05. The molecule has 1 aliphatic heterocycles. The number of likely N-dealkylation sites (tertiary alicyclic amines) is 1. The van der Waals surface area contributed by atoms with Crippen LogP contribution in [0.3, 0.4) is 0 Å². The number of carbonyl (C=O) groups excluding carboxylic acids is 2. The van der Waals surface area contributed by atoms with Crippen LogP contribution in [0, 0.1) is 12.8 Å². The Morgan fingerprint density at radius 2 is 1.81 bits per heavy atom. The van der Waals surface area contributed by atoms with Crippen molar-refractivity contribution in [1.82, 2.24) is 10.2 Å². The third-order valence-electron chi connectivity index (χ3n) is 5.51. The molecule has 1 fully saturated rings. The molecule has 7 heteroatoms. The molecule has 1 heterocycles. The van der Waals surface area contributed by atoms with E-state index in [1.807, 2.05) is 55.5 Å². The molecule has 31 heavy (non-hydrogen) atoms. The maximum absolute atomic E-state index is 12.1. The van der Waals surface area contributed by atoms with Gasteiger partial charge in [0, 0.05) is 18.2 Å². The summed E-state index contributed by atoms with van der Waals surface area (Å²) in [5.74, 6) is 1.36. The van der Waals surface area contributed by atoms with Crippen LogP contribution < -0.4 is 21.1 Å². The molecule has 0 spiro atoms. The second kappa shape index (κ2) is 11.4. The summed E-state index contributed by atoms with van der Waals surface area (Å²) in [6.07, 6.45) is 3.62. The van der Waals surface area contributed by atoms with Crippen LogP contribution in [0.1, 0.15) is 31.2 Å². The smallest absolute Gasteiger partial charge is 0.319 e. The number of aryl methyl sites for hydroxylation is 1. The van der Waals surface area contributed by atoms with Gasteiger partial charge in [0.05, 0.1) is 0 Å². The van der Waals surface area contributed by atoms with Gasteiger partial charge in [-0.1, -0.05) is 12.1 Å². The van der Waals surface area contributed by atoms with Crippen LogP contribution in [-0.2, 0) is 4.79 Å². The van der Waals surface area contributed by atoms with E-state index in [2.05, 4.69) is 15.5 Å². The molecular formula is C24H32N4O3. The zero-order valence-electron chi connectivity index (χ0n) is 18.1.